The van der Waals surface area contributed by atoms with Crippen LogP contribution in [-0.4, -0.2) is 49.7 Å². The molecule has 1 fully saturated rings. The number of esters is 1. The molecule has 1 amide bonds. The van der Waals surface area contributed by atoms with Crippen molar-refractivity contribution in [3.63, 3.8) is 0 Å². The molecule has 3 rings (SSSR count). The van der Waals surface area contributed by atoms with Gasteiger partial charge in [0.2, 0.25) is 0 Å². The van der Waals surface area contributed by atoms with Gasteiger partial charge >= 0.3 is 5.97 Å². The molecule has 0 radical (unpaired) electrons. The van der Waals surface area contributed by atoms with E-state index in [1.807, 2.05) is 30.3 Å². The minimum absolute atomic E-state index is 0.210. The summed E-state index contributed by atoms with van der Waals surface area (Å²) in [7, 11) is 0. The van der Waals surface area contributed by atoms with Crippen LogP contribution in [0.2, 0.25) is 0 Å². The van der Waals surface area contributed by atoms with E-state index in [0.29, 0.717) is 44.2 Å². The van der Waals surface area contributed by atoms with Crippen LogP contribution in [0.25, 0.3) is 0 Å². The first-order valence-corrected chi connectivity index (χ1v) is 8.52. The Bertz CT molecular complexity index is 741. The number of carbonyl (C=O) groups excluding carboxylic acids is 2. The van der Waals surface area contributed by atoms with Gasteiger partial charge in [0.1, 0.15) is 12.4 Å². The largest absolute Gasteiger partial charge is 0.489 e. The van der Waals surface area contributed by atoms with Crippen LogP contribution in [0.5, 0.6) is 5.75 Å². The zero-order valence-electron chi connectivity index (χ0n) is 14.4. The summed E-state index contributed by atoms with van der Waals surface area (Å²) < 4.78 is 16.0. The quantitative estimate of drug-likeness (QED) is 0.744. The van der Waals surface area contributed by atoms with E-state index in [4.69, 9.17) is 14.2 Å². The highest BCUT2D eigenvalue weighted by Crippen LogP contribution is 2.16. The van der Waals surface area contributed by atoms with Crippen LogP contribution in [0.15, 0.2) is 54.6 Å². The van der Waals surface area contributed by atoms with E-state index in [1.165, 1.54) is 0 Å². The third-order valence-electron chi connectivity index (χ3n) is 4.01. The maximum absolute atomic E-state index is 12.2. The van der Waals surface area contributed by atoms with Crippen molar-refractivity contribution in [2.24, 2.45) is 0 Å². The number of amides is 1. The second kappa shape index (κ2) is 9.01. The van der Waals surface area contributed by atoms with Crippen LogP contribution in [0.1, 0.15) is 15.9 Å². The van der Waals surface area contributed by atoms with Crippen LogP contribution < -0.4 is 4.74 Å². The van der Waals surface area contributed by atoms with Crippen molar-refractivity contribution >= 4 is 11.9 Å². The van der Waals surface area contributed by atoms with Gasteiger partial charge in [0.05, 0.1) is 18.8 Å². The number of rotatable bonds is 6. The van der Waals surface area contributed by atoms with Crippen molar-refractivity contribution in [1.29, 1.82) is 0 Å². The normalized spacial score (nSPS) is 13.9. The number of nitrogens with zero attached hydrogens (tertiary/aromatic N) is 1. The molecule has 2 aromatic carbocycles. The molecular weight excluding hydrogens is 334 g/mol. The van der Waals surface area contributed by atoms with E-state index < -0.39 is 5.97 Å². The summed E-state index contributed by atoms with van der Waals surface area (Å²) in [5.41, 5.74) is 1.39. The van der Waals surface area contributed by atoms with Gasteiger partial charge in [0.25, 0.3) is 5.91 Å². The van der Waals surface area contributed by atoms with Gasteiger partial charge in [-0.05, 0) is 23.8 Å². The molecule has 0 unspecified atom stereocenters. The Morgan fingerprint density at radius 3 is 2.54 bits per heavy atom. The third kappa shape index (κ3) is 5.07. The summed E-state index contributed by atoms with van der Waals surface area (Å²) in [4.78, 5) is 25.8. The van der Waals surface area contributed by atoms with Gasteiger partial charge in [-0.3, -0.25) is 4.79 Å². The average Bonchev–Trinajstić information content (AvgIpc) is 2.72. The molecule has 0 aliphatic carbocycles. The fourth-order valence-corrected chi connectivity index (χ4v) is 2.57. The fraction of sp³-hybridized carbons (Fsp3) is 0.300. The van der Waals surface area contributed by atoms with E-state index in [1.54, 1.807) is 29.2 Å². The minimum Gasteiger partial charge on any atom is -0.489 e. The lowest BCUT2D eigenvalue weighted by Crippen LogP contribution is -2.42. The van der Waals surface area contributed by atoms with Gasteiger partial charge in [-0.2, -0.15) is 0 Å². The topological polar surface area (TPSA) is 65.1 Å². The molecule has 1 aliphatic heterocycles. The zero-order chi connectivity index (χ0) is 18.2. The predicted molar refractivity (Wildman–Crippen MR) is 94.9 cm³/mol. The summed E-state index contributed by atoms with van der Waals surface area (Å²) in [6.45, 7) is 2.22. The molecule has 0 N–H and O–H groups in total. The van der Waals surface area contributed by atoms with Crippen LogP contribution in [0.3, 0.4) is 0 Å². The van der Waals surface area contributed by atoms with Crippen LogP contribution in [-0.2, 0) is 20.9 Å². The number of hydrogen-bond acceptors (Lipinski definition) is 5. The summed E-state index contributed by atoms with van der Waals surface area (Å²) in [6.07, 6.45) is 0. The van der Waals surface area contributed by atoms with Gasteiger partial charge in [-0.25, -0.2) is 4.79 Å². The van der Waals surface area contributed by atoms with Gasteiger partial charge < -0.3 is 19.1 Å². The Kier molecular flexibility index (Phi) is 6.22. The molecule has 136 valence electrons. The van der Waals surface area contributed by atoms with Crippen molar-refractivity contribution in [2.75, 3.05) is 32.9 Å². The maximum Gasteiger partial charge on any atom is 0.338 e. The fourth-order valence-electron chi connectivity index (χ4n) is 2.57. The highest BCUT2D eigenvalue weighted by atomic mass is 16.5. The van der Waals surface area contributed by atoms with Crippen molar-refractivity contribution in [3.05, 3.63) is 65.7 Å². The molecule has 1 saturated heterocycles. The Hall–Kier alpha value is -2.86. The Morgan fingerprint density at radius 1 is 1.00 bits per heavy atom. The molecular formula is C20H21NO5. The predicted octanol–water partition coefficient (Wildman–Crippen LogP) is 2.28. The van der Waals surface area contributed by atoms with E-state index in [9.17, 15) is 9.59 Å². The highest BCUT2D eigenvalue weighted by Gasteiger charge is 2.19. The molecule has 0 bridgehead atoms. The molecule has 6 nitrogen and oxygen atoms in total. The number of ether oxygens (including phenoxy) is 3. The summed E-state index contributed by atoms with van der Waals surface area (Å²) in [5, 5.41) is 0. The Labute approximate surface area is 152 Å². The molecule has 1 aliphatic rings. The van der Waals surface area contributed by atoms with Crippen LogP contribution in [0.4, 0.5) is 0 Å². The second-order valence-corrected chi connectivity index (χ2v) is 5.87. The standard InChI is InChI=1S/C20H21NO5/c22-19(21-9-11-24-12-10-21)15-26-20(23)17-7-4-8-18(13-17)25-14-16-5-2-1-3-6-16/h1-8,13H,9-12,14-15H2. The number of benzene rings is 2. The lowest BCUT2D eigenvalue weighted by Gasteiger charge is -2.26. The van der Waals surface area contributed by atoms with E-state index >= 15 is 0 Å². The molecule has 1 heterocycles. The molecule has 0 aromatic heterocycles. The Balaban J connectivity index is 1.51. The van der Waals surface area contributed by atoms with E-state index in [2.05, 4.69) is 0 Å². The van der Waals surface area contributed by atoms with Gasteiger partial charge in [0, 0.05) is 13.1 Å². The number of hydrogen-bond donors (Lipinski definition) is 0. The van der Waals surface area contributed by atoms with E-state index in [-0.39, 0.29) is 12.5 Å². The average molecular weight is 355 g/mol. The first-order chi connectivity index (χ1) is 12.7. The first kappa shape index (κ1) is 17.9. The minimum atomic E-state index is -0.545. The summed E-state index contributed by atoms with van der Waals surface area (Å²) >= 11 is 0. The zero-order valence-corrected chi connectivity index (χ0v) is 14.4. The molecule has 0 spiro atoms. The summed E-state index contributed by atoms with van der Waals surface area (Å²) in [6, 6.07) is 16.5. The number of morpholine rings is 1. The van der Waals surface area contributed by atoms with Crippen molar-refractivity contribution < 1.29 is 23.8 Å². The summed E-state index contributed by atoms with van der Waals surface area (Å²) in [5.74, 6) is -0.183. The van der Waals surface area contributed by atoms with Crippen molar-refractivity contribution in [2.45, 2.75) is 6.61 Å². The second-order valence-electron chi connectivity index (χ2n) is 5.87. The molecule has 26 heavy (non-hydrogen) atoms. The maximum atomic E-state index is 12.2. The molecule has 0 atom stereocenters. The van der Waals surface area contributed by atoms with E-state index in [0.717, 1.165) is 5.56 Å². The number of carbonyl (C=O) groups is 2. The Morgan fingerprint density at radius 2 is 1.77 bits per heavy atom. The molecule has 0 saturated carbocycles. The third-order valence-corrected chi connectivity index (χ3v) is 4.01. The van der Waals surface area contributed by atoms with Gasteiger partial charge in [-0.15, -0.1) is 0 Å². The van der Waals surface area contributed by atoms with Gasteiger partial charge in [-0.1, -0.05) is 36.4 Å². The van der Waals surface area contributed by atoms with Crippen LogP contribution in [0, 0.1) is 0 Å². The van der Waals surface area contributed by atoms with Crippen LogP contribution >= 0.6 is 0 Å². The molecule has 6 heteroatoms. The molecule has 2 aromatic rings. The van der Waals surface area contributed by atoms with Gasteiger partial charge in [0.15, 0.2) is 6.61 Å². The first-order valence-electron chi connectivity index (χ1n) is 8.52. The smallest absolute Gasteiger partial charge is 0.338 e. The van der Waals surface area contributed by atoms with Crippen molar-refractivity contribution in [1.82, 2.24) is 4.90 Å². The monoisotopic (exact) mass is 355 g/mol. The highest BCUT2D eigenvalue weighted by molar-refractivity contribution is 5.91. The van der Waals surface area contributed by atoms with Crippen molar-refractivity contribution in [3.8, 4) is 5.75 Å². The lowest BCUT2D eigenvalue weighted by molar-refractivity contribution is -0.138. The SMILES string of the molecule is O=C(OCC(=O)N1CCOCC1)c1cccc(OCc2ccccc2)c1. The lowest BCUT2D eigenvalue weighted by atomic mass is 10.2.